The fourth-order valence-electron chi connectivity index (χ4n) is 3.37. The Balaban J connectivity index is 1.63. The second-order valence-electron chi connectivity index (χ2n) is 8.25. The summed E-state index contributed by atoms with van der Waals surface area (Å²) in [5.41, 5.74) is 2.59. The zero-order valence-electron chi connectivity index (χ0n) is 20.4. The second kappa shape index (κ2) is 13.6. The molecule has 0 bridgehead atoms. The van der Waals surface area contributed by atoms with Gasteiger partial charge >= 0.3 is 12.1 Å². The molecule has 7 heteroatoms. The largest absolute Gasteiger partial charge is 0.457 e. The van der Waals surface area contributed by atoms with Crippen molar-refractivity contribution < 1.29 is 14.3 Å². The minimum Gasteiger partial charge on any atom is -0.457 e. The molecule has 7 nitrogen and oxygen atoms in total. The number of aryl methyl sites for hydroxylation is 1. The molecular formula is C28H34N4O3. The maximum absolute atomic E-state index is 13.2. The maximum Gasteiger partial charge on any atom is 0.326 e. The Bertz CT molecular complexity index is 1050. The molecule has 0 aliphatic rings. The zero-order chi connectivity index (χ0) is 24.9. The number of amides is 4. The summed E-state index contributed by atoms with van der Waals surface area (Å²) in [4.78, 5) is 26.7. The minimum absolute atomic E-state index is 0.184. The molecule has 184 valence electrons. The van der Waals surface area contributed by atoms with Gasteiger partial charge in [0.15, 0.2) is 0 Å². The lowest BCUT2D eigenvalue weighted by molar-refractivity contribution is 0.240. The van der Waals surface area contributed by atoms with E-state index in [2.05, 4.69) is 22.9 Å². The number of nitrogens with zero attached hydrogens (tertiary/aromatic N) is 1. The number of anilines is 2. The molecule has 0 unspecified atom stereocenters. The molecule has 4 amide bonds. The lowest BCUT2D eigenvalue weighted by Crippen LogP contribution is -2.39. The normalized spacial score (nSPS) is 10.3. The first-order valence-electron chi connectivity index (χ1n) is 12.0. The summed E-state index contributed by atoms with van der Waals surface area (Å²) in [6.07, 6.45) is 2.58. The van der Waals surface area contributed by atoms with Crippen LogP contribution in [0.1, 0.15) is 31.7 Å². The number of unbranched alkanes of at least 4 members (excludes halogenated alkanes) is 1. The zero-order valence-corrected chi connectivity index (χ0v) is 20.4. The van der Waals surface area contributed by atoms with Crippen LogP contribution in [0.25, 0.3) is 0 Å². The third-order valence-electron chi connectivity index (χ3n) is 5.34. The minimum atomic E-state index is -0.238. The third-order valence-corrected chi connectivity index (χ3v) is 5.34. The molecular weight excluding hydrogens is 440 g/mol. The maximum atomic E-state index is 13.2. The number of carbonyl (C=O) groups is 2. The van der Waals surface area contributed by atoms with Crippen molar-refractivity contribution in [3.05, 3.63) is 84.4 Å². The Morgan fingerprint density at radius 2 is 1.43 bits per heavy atom. The summed E-state index contributed by atoms with van der Waals surface area (Å²) >= 11 is 0. The van der Waals surface area contributed by atoms with Crippen molar-refractivity contribution in [2.24, 2.45) is 0 Å². The molecule has 0 aliphatic heterocycles. The van der Waals surface area contributed by atoms with E-state index < -0.39 is 0 Å². The van der Waals surface area contributed by atoms with Crippen molar-refractivity contribution in [2.75, 3.05) is 29.9 Å². The summed E-state index contributed by atoms with van der Waals surface area (Å²) in [5.74, 6) is 1.43. The SMILES string of the molecule is CCCCNC(=O)NCCCN(C(=O)Nc1ccc(C)cc1)c1ccc(Oc2ccccc2)cc1. The van der Waals surface area contributed by atoms with Crippen LogP contribution in [-0.4, -0.2) is 31.7 Å². The highest BCUT2D eigenvalue weighted by Gasteiger charge is 2.16. The van der Waals surface area contributed by atoms with Gasteiger partial charge in [-0.15, -0.1) is 0 Å². The number of ether oxygens (including phenoxy) is 1. The lowest BCUT2D eigenvalue weighted by atomic mass is 10.2. The Morgan fingerprint density at radius 3 is 2.09 bits per heavy atom. The highest BCUT2D eigenvalue weighted by atomic mass is 16.5. The average molecular weight is 475 g/mol. The number of benzene rings is 3. The monoisotopic (exact) mass is 474 g/mol. The van der Waals surface area contributed by atoms with E-state index in [-0.39, 0.29) is 12.1 Å². The summed E-state index contributed by atoms with van der Waals surface area (Å²) < 4.78 is 5.87. The lowest BCUT2D eigenvalue weighted by Gasteiger charge is -2.24. The number of hydrogen-bond acceptors (Lipinski definition) is 3. The van der Waals surface area contributed by atoms with Gasteiger partial charge in [-0.3, -0.25) is 4.90 Å². The number of urea groups is 2. The second-order valence-corrected chi connectivity index (χ2v) is 8.25. The Kier molecular flexibility index (Phi) is 9.99. The molecule has 0 fully saturated rings. The van der Waals surface area contributed by atoms with E-state index in [0.717, 1.165) is 35.5 Å². The van der Waals surface area contributed by atoms with Gasteiger partial charge in [-0.05, 0) is 68.3 Å². The van der Waals surface area contributed by atoms with Gasteiger partial charge < -0.3 is 20.7 Å². The molecule has 0 aliphatic carbocycles. The number of nitrogens with one attached hydrogen (secondary N) is 3. The smallest absolute Gasteiger partial charge is 0.326 e. The first-order valence-corrected chi connectivity index (χ1v) is 12.0. The molecule has 0 saturated heterocycles. The van der Waals surface area contributed by atoms with Gasteiger partial charge in [-0.2, -0.15) is 0 Å². The molecule has 0 saturated carbocycles. The van der Waals surface area contributed by atoms with E-state index in [4.69, 9.17) is 4.74 Å². The van der Waals surface area contributed by atoms with Gasteiger partial charge in [-0.25, -0.2) is 9.59 Å². The number of para-hydroxylation sites is 1. The Hall–Kier alpha value is -4.00. The molecule has 0 atom stereocenters. The van der Waals surface area contributed by atoms with E-state index in [9.17, 15) is 9.59 Å². The van der Waals surface area contributed by atoms with Gasteiger partial charge in [0.1, 0.15) is 11.5 Å². The summed E-state index contributed by atoms with van der Waals surface area (Å²) in [5, 5.41) is 8.65. The molecule has 0 heterocycles. The van der Waals surface area contributed by atoms with Crippen LogP contribution in [-0.2, 0) is 0 Å². The molecule has 3 aromatic carbocycles. The van der Waals surface area contributed by atoms with Gasteiger partial charge in [0, 0.05) is 31.0 Å². The summed E-state index contributed by atoms with van der Waals surface area (Å²) in [7, 11) is 0. The van der Waals surface area contributed by atoms with Crippen LogP contribution in [0, 0.1) is 6.92 Å². The quantitative estimate of drug-likeness (QED) is 0.285. The van der Waals surface area contributed by atoms with E-state index in [0.29, 0.717) is 31.8 Å². The van der Waals surface area contributed by atoms with Crippen molar-refractivity contribution in [2.45, 2.75) is 33.1 Å². The highest BCUT2D eigenvalue weighted by Crippen LogP contribution is 2.25. The topological polar surface area (TPSA) is 82.7 Å². The van der Waals surface area contributed by atoms with Crippen LogP contribution in [0.15, 0.2) is 78.9 Å². The van der Waals surface area contributed by atoms with Crippen LogP contribution in [0.5, 0.6) is 11.5 Å². The summed E-state index contributed by atoms with van der Waals surface area (Å²) in [6.45, 7) is 5.64. The van der Waals surface area contributed by atoms with Crippen LogP contribution < -0.4 is 25.6 Å². The van der Waals surface area contributed by atoms with E-state index in [1.165, 1.54) is 0 Å². The van der Waals surface area contributed by atoms with Crippen molar-refractivity contribution in [3.8, 4) is 11.5 Å². The predicted octanol–water partition coefficient (Wildman–Crippen LogP) is 6.32. The molecule has 3 aromatic rings. The standard InChI is InChI=1S/C28H34N4O3/c1-3-4-19-29-27(33)30-20-8-21-32(28(34)31-23-13-11-22(2)12-14-23)24-15-17-26(18-16-24)35-25-9-6-5-7-10-25/h5-7,9-18H,3-4,8,19-21H2,1-2H3,(H,31,34)(H2,29,30,33). The van der Waals surface area contributed by atoms with Gasteiger partial charge in [-0.1, -0.05) is 49.2 Å². The first-order chi connectivity index (χ1) is 17.0. The van der Waals surface area contributed by atoms with Crippen LogP contribution in [0.4, 0.5) is 21.0 Å². The summed E-state index contributed by atoms with van der Waals surface area (Å²) in [6, 6.07) is 24.2. The Labute approximate surface area is 207 Å². The number of hydrogen-bond donors (Lipinski definition) is 3. The Morgan fingerprint density at radius 1 is 0.800 bits per heavy atom. The molecule has 0 aromatic heterocycles. The highest BCUT2D eigenvalue weighted by molar-refractivity contribution is 6.01. The van der Waals surface area contributed by atoms with E-state index in [1.807, 2.05) is 85.8 Å². The number of carbonyl (C=O) groups excluding carboxylic acids is 2. The van der Waals surface area contributed by atoms with Crippen molar-refractivity contribution >= 4 is 23.4 Å². The van der Waals surface area contributed by atoms with Crippen LogP contribution in [0.3, 0.4) is 0 Å². The molecule has 0 radical (unpaired) electrons. The average Bonchev–Trinajstić information content (AvgIpc) is 2.87. The molecule has 3 N–H and O–H groups in total. The van der Waals surface area contributed by atoms with Crippen molar-refractivity contribution in [1.29, 1.82) is 0 Å². The van der Waals surface area contributed by atoms with Gasteiger partial charge in [0.05, 0.1) is 0 Å². The van der Waals surface area contributed by atoms with Gasteiger partial charge in [0.2, 0.25) is 0 Å². The predicted molar refractivity (Wildman–Crippen MR) is 141 cm³/mol. The first kappa shape index (κ1) is 25.6. The fraction of sp³-hybridized carbons (Fsp3) is 0.286. The molecule has 3 rings (SSSR count). The van der Waals surface area contributed by atoms with Gasteiger partial charge in [0.25, 0.3) is 0 Å². The van der Waals surface area contributed by atoms with Crippen LogP contribution in [0.2, 0.25) is 0 Å². The third kappa shape index (κ3) is 8.70. The number of rotatable bonds is 11. The van der Waals surface area contributed by atoms with Crippen LogP contribution >= 0.6 is 0 Å². The molecule has 0 spiro atoms. The molecule has 35 heavy (non-hydrogen) atoms. The van der Waals surface area contributed by atoms with E-state index in [1.54, 1.807) is 4.90 Å². The van der Waals surface area contributed by atoms with Crippen molar-refractivity contribution in [1.82, 2.24) is 10.6 Å². The van der Waals surface area contributed by atoms with Crippen molar-refractivity contribution in [3.63, 3.8) is 0 Å². The fourth-order valence-corrected chi connectivity index (χ4v) is 3.37. The van der Waals surface area contributed by atoms with E-state index >= 15 is 0 Å².